The molecule has 218 valence electrons. The molecule has 5 aliphatic rings. The Balaban J connectivity index is 1.07. The third-order valence-electron chi connectivity index (χ3n) is 9.59. The molecule has 0 radical (unpaired) electrons. The van der Waals surface area contributed by atoms with Gasteiger partial charge in [0.15, 0.2) is 0 Å². The normalized spacial score (nSPS) is 37.5. The van der Waals surface area contributed by atoms with E-state index in [1.54, 1.807) is 18.7 Å². The van der Waals surface area contributed by atoms with E-state index in [1.807, 2.05) is 11.8 Å². The molecule has 0 aliphatic carbocycles. The Morgan fingerprint density at radius 2 is 2.15 bits per heavy atom. The van der Waals surface area contributed by atoms with Crippen LogP contribution in [0.3, 0.4) is 0 Å². The van der Waals surface area contributed by atoms with Gasteiger partial charge in [0, 0.05) is 54.2 Å². The smallest absolute Gasteiger partial charge is 0.327 e. The highest BCUT2D eigenvalue weighted by Gasteiger charge is 2.65. The van der Waals surface area contributed by atoms with Crippen LogP contribution in [0.4, 0.5) is 0 Å². The van der Waals surface area contributed by atoms with Crippen molar-refractivity contribution in [3.63, 3.8) is 0 Å². The SMILES string of the molecule is C[C@H]1[C@@H]2[C@@H]([C@H](C)NC(=O)Cn3cnnn3)C(=O)N2C(C(=O)O)[C@@H]1S[C@@H]1CNC(C(=O)N2CCC3(CCNC3)C2)C1. The fourth-order valence-corrected chi connectivity index (χ4v) is 9.31. The maximum atomic E-state index is 13.3. The Morgan fingerprint density at radius 3 is 2.85 bits per heavy atom. The summed E-state index contributed by atoms with van der Waals surface area (Å²) in [6, 6.07) is -1.93. The zero-order valence-corrected chi connectivity index (χ0v) is 23.5. The summed E-state index contributed by atoms with van der Waals surface area (Å²) >= 11 is 1.59. The Morgan fingerprint density at radius 1 is 1.32 bits per heavy atom. The lowest BCUT2D eigenvalue weighted by Gasteiger charge is -2.48. The van der Waals surface area contributed by atoms with E-state index in [0.29, 0.717) is 13.0 Å². The van der Waals surface area contributed by atoms with E-state index in [0.717, 1.165) is 39.0 Å². The maximum absolute atomic E-state index is 13.3. The van der Waals surface area contributed by atoms with Crippen molar-refractivity contribution in [2.75, 3.05) is 32.7 Å². The number of nitrogens with zero attached hydrogens (tertiary/aromatic N) is 6. The average Bonchev–Trinajstić information content (AvgIpc) is 3.74. The number of carboxylic acid groups (broad SMARTS) is 1. The van der Waals surface area contributed by atoms with Crippen molar-refractivity contribution in [3.8, 4) is 0 Å². The van der Waals surface area contributed by atoms with Crippen LogP contribution in [0.1, 0.15) is 33.1 Å². The minimum absolute atomic E-state index is 0.0672. The van der Waals surface area contributed by atoms with Gasteiger partial charge in [-0.3, -0.25) is 14.4 Å². The second kappa shape index (κ2) is 10.6. The minimum atomic E-state index is -1.01. The number of likely N-dealkylation sites (tertiary alicyclic amines) is 1. The predicted molar refractivity (Wildman–Crippen MR) is 143 cm³/mol. The molecule has 0 aromatic carbocycles. The molecule has 6 heterocycles. The van der Waals surface area contributed by atoms with Crippen LogP contribution in [-0.4, -0.2) is 126 Å². The van der Waals surface area contributed by atoms with E-state index in [2.05, 4.69) is 31.5 Å². The quantitative estimate of drug-likeness (QED) is 0.256. The van der Waals surface area contributed by atoms with Crippen LogP contribution in [0.15, 0.2) is 6.33 Å². The highest BCUT2D eigenvalue weighted by molar-refractivity contribution is 8.00. The molecule has 5 aliphatic heterocycles. The number of hydrogen-bond donors (Lipinski definition) is 4. The lowest BCUT2D eigenvalue weighted by Crippen LogP contribution is -2.68. The molecule has 1 aromatic rings. The van der Waals surface area contributed by atoms with Crippen LogP contribution in [0.5, 0.6) is 0 Å². The number of fused-ring (bicyclic) bond motifs is 1. The van der Waals surface area contributed by atoms with Gasteiger partial charge in [0.1, 0.15) is 18.9 Å². The zero-order chi connectivity index (χ0) is 28.2. The predicted octanol–water partition coefficient (Wildman–Crippen LogP) is -1.85. The largest absolute Gasteiger partial charge is 0.480 e. The molecule has 6 rings (SSSR count). The molecular formula is C25H37N9O5S. The van der Waals surface area contributed by atoms with Gasteiger partial charge in [-0.05, 0) is 49.1 Å². The summed E-state index contributed by atoms with van der Waals surface area (Å²) in [5.74, 6) is -2.02. The maximum Gasteiger partial charge on any atom is 0.327 e. The van der Waals surface area contributed by atoms with Gasteiger partial charge in [-0.25, -0.2) is 9.48 Å². The first-order valence-corrected chi connectivity index (χ1v) is 15.1. The van der Waals surface area contributed by atoms with Gasteiger partial charge in [0.05, 0.1) is 12.0 Å². The molecule has 40 heavy (non-hydrogen) atoms. The summed E-state index contributed by atoms with van der Waals surface area (Å²) in [6.45, 7) is 7.93. The summed E-state index contributed by atoms with van der Waals surface area (Å²) < 4.78 is 1.30. The lowest BCUT2D eigenvalue weighted by molar-refractivity contribution is -0.166. The van der Waals surface area contributed by atoms with Gasteiger partial charge in [-0.15, -0.1) is 5.10 Å². The fraction of sp³-hybridized carbons (Fsp3) is 0.800. The van der Waals surface area contributed by atoms with E-state index >= 15 is 0 Å². The van der Waals surface area contributed by atoms with Gasteiger partial charge < -0.3 is 30.9 Å². The summed E-state index contributed by atoms with van der Waals surface area (Å²) in [7, 11) is 0. The number of amides is 3. The highest BCUT2D eigenvalue weighted by atomic mass is 32.2. The van der Waals surface area contributed by atoms with Crippen molar-refractivity contribution >= 4 is 35.5 Å². The number of carbonyl (C=O) groups excluding carboxylic acids is 3. The highest BCUT2D eigenvalue weighted by Crippen LogP contribution is 2.50. The van der Waals surface area contributed by atoms with Crippen molar-refractivity contribution in [2.45, 2.75) is 74.3 Å². The zero-order valence-electron chi connectivity index (χ0n) is 22.7. The Labute approximate surface area is 236 Å². The minimum Gasteiger partial charge on any atom is -0.480 e. The monoisotopic (exact) mass is 575 g/mol. The molecule has 5 fully saturated rings. The van der Waals surface area contributed by atoms with Crippen LogP contribution in [0, 0.1) is 17.3 Å². The van der Waals surface area contributed by atoms with Crippen molar-refractivity contribution in [2.24, 2.45) is 17.3 Å². The third-order valence-corrected chi connectivity index (χ3v) is 11.3. The fourth-order valence-electron chi connectivity index (χ4n) is 7.56. The summed E-state index contributed by atoms with van der Waals surface area (Å²) in [5, 5.41) is 30.3. The number of hydrogen-bond acceptors (Lipinski definition) is 10. The lowest BCUT2D eigenvalue weighted by atomic mass is 9.78. The third kappa shape index (κ3) is 4.75. The Kier molecular flexibility index (Phi) is 7.23. The van der Waals surface area contributed by atoms with Crippen molar-refractivity contribution in [1.82, 2.24) is 46.0 Å². The molecule has 15 heteroatoms. The van der Waals surface area contributed by atoms with Gasteiger partial charge in [0.25, 0.3) is 0 Å². The molecule has 14 nitrogen and oxygen atoms in total. The molecule has 1 spiro atoms. The second-order valence-corrected chi connectivity index (χ2v) is 13.6. The Hall–Kier alpha value is -2.78. The van der Waals surface area contributed by atoms with Crippen LogP contribution < -0.4 is 16.0 Å². The number of carbonyl (C=O) groups is 4. The molecule has 5 saturated heterocycles. The number of thioether (sulfide) groups is 1. The topological polar surface area (TPSA) is 175 Å². The van der Waals surface area contributed by atoms with Crippen LogP contribution in [0.25, 0.3) is 0 Å². The molecule has 3 unspecified atom stereocenters. The van der Waals surface area contributed by atoms with Crippen molar-refractivity contribution in [3.05, 3.63) is 6.33 Å². The first-order chi connectivity index (χ1) is 19.2. The van der Waals surface area contributed by atoms with Crippen molar-refractivity contribution < 1.29 is 24.3 Å². The van der Waals surface area contributed by atoms with E-state index in [-0.39, 0.29) is 58.2 Å². The van der Waals surface area contributed by atoms with Gasteiger partial charge in [-0.2, -0.15) is 11.8 Å². The van der Waals surface area contributed by atoms with E-state index in [9.17, 15) is 24.3 Å². The first kappa shape index (κ1) is 27.4. The second-order valence-electron chi connectivity index (χ2n) is 12.1. The van der Waals surface area contributed by atoms with Gasteiger partial charge in [0.2, 0.25) is 17.7 Å². The summed E-state index contributed by atoms with van der Waals surface area (Å²) in [6.07, 6.45) is 4.14. The number of aliphatic carboxylic acids is 1. The summed E-state index contributed by atoms with van der Waals surface area (Å²) in [4.78, 5) is 54.9. The molecule has 1 aromatic heterocycles. The van der Waals surface area contributed by atoms with Crippen molar-refractivity contribution in [1.29, 1.82) is 0 Å². The average molecular weight is 576 g/mol. The number of nitrogens with one attached hydrogen (secondary N) is 3. The molecular weight excluding hydrogens is 538 g/mol. The number of rotatable bonds is 8. The van der Waals surface area contributed by atoms with E-state index in [1.165, 1.54) is 15.9 Å². The van der Waals surface area contributed by atoms with Gasteiger partial charge in [-0.1, -0.05) is 6.92 Å². The van der Waals surface area contributed by atoms with E-state index < -0.39 is 24.0 Å². The van der Waals surface area contributed by atoms with Crippen LogP contribution in [-0.2, 0) is 25.7 Å². The molecule has 9 atom stereocenters. The molecule has 0 bridgehead atoms. The number of carboxylic acids is 1. The first-order valence-electron chi connectivity index (χ1n) is 14.1. The number of tetrazole rings is 1. The number of β-lactam (4-membered cyclic amide) rings is 1. The van der Waals surface area contributed by atoms with Gasteiger partial charge >= 0.3 is 5.97 Å². The number of aromatic nitrogens is 4. The standard InChI is InChI=1S/C25H37N9O5S/c1-13-19-18(14(2)29-17(35)9-33-12-28-30-31-33)23(37)34(19)20(24(38)39)21(13)40-15-7-16(27-8-15)22(36)32-6-4-25(11-32)3-5-26-10-25/h12-16,18-21,26-27H,3-11H2,1-2H3,(H,29,35)(H,38,39)/t13-,14-,15-,16?,18+,19+,20?,21+,25?/m0/s1. The van der Waals surface area contributed by atoms with Crippen LogP contribution >= 0.6 is 11.8 Å². The molecule has 3 amide bonds. The Bertz CT molecular complexity index is 1160. The molecule has 4 N–H and O–H groups in total. The molecule has 0 saturated carbocycles. The summed E-state index contributed by atoms with van der Waals surface area (Å²) in [5.41, 5.74) is 0.220. The van der Waals surface area contributed by atoms with E-state index in [4.69, 9.17) is 0 Å². The van der Waals surface area contributed by atoms with Crippen LogP contribution in [0.2, 0.25) is 0 Å².